The van der Waals surface area contributed by atoms with Gasteiger partial charge in [-0.15, -0.1) is 0 Å². The van der Waals surface area contributed by atoms with Crippen LogP contribution in [-0.2, 0) is 11.2 Å². The van der Waals surface area contributed by atoms with E-state index in [1.807, 2.05) is 31.2 Å². The van der Waals surface area contributed by atoms with Gasteiger partial charge in [0, 0.05) is 12.2 Å². The maximum Gasteiger partial charge on any atom is 0.239 e. The second kappa shape index (κ2) is 6.46. The first kappa shape index (κ1) is 12.1. The van der Waals surface area contributed by atoms with Gasteiger partial charge in [0.15, 0.2) is 0 Å². The molecule has 4 heteroatoms. The van der Waals surface area contributed by atoms with Gasteiger partial charge in [-0.25, -0.2) is 0 Å². The number of carbonyl (C=O) groups is 1. The predicted molar refractivity (Wildman–Crippen MR) is 62.9 cm³/mol. The molecule has 0 fully saturated rings. The lowest BCUT2D eigenvalue weighted by Gasteiger charge is -2.06. The highest BCUT2D eigenvalue weighted by atomic mass is 16.1. The second-order valence-electron chi connectivity index (χ2n) is 3.34. The smallest absolute Gasteiger partial charge is 0.239 e. The second-order valence-corrected chi connectivity index (χ2v) is 3.34. The summed E-state index contributed by atoms with van der Waals surface area (Å²) in [6.45, 7) is 2.79. The molecule has 0 atom stereocenters. The molecule has 0 saturated carbocycles. The average Bonchev–Trinajstić information content (AvgIpc) is 2.29. The van der Waals surface area contributed by atoms with Crippen molar-refractivity contribution in [2.45, 2.75) is 13.3 Å². The van der Waals surface area contributed by atoms with E-state index in [1.54, 1.807) is 0 Å². The van der Waals surface area contributed by atoms with Crippen molar-refractivity contribution in [1.29, 1.82) is 5.26 Å². The fraction of sp³-hybridized carbons (Fsp3) is 0.333. The summed E-state index contributed by atoms with van der Waals surface area (Å²) < 4.78 is 0. The quantitative estimate of drug-likeness (QED) is 0.781. The molecule has 0 aliphatic heterocycles. The topological polar surface area (TPSA) is 64.9 Å². The molecule has 0 heterocycles. The minimum Gasteiger partial charge on any atom is -0.376 e. The maximum absolute atomic E-state index is 11.2. The molecule has 1 amide bonds. The Morgan fingerprint density at radius 3 is 2.62 bits per heavy atom. The minimum atomic E-state index is -0.0244. The van der Waals surface area contributed by atoms with Crippen molar-refractivity contribution < 1.29 is 4.79 Å². The molecule has 1 aromatic carbocycles. The normalized spacial score (nSPS) is 9.25. The molecule has 1 aromatic rings. The Morgan fingerprint density at radius 2 is 2.06 bits per heavy atom. The van der Waals surface area contributed by atoms with Crippen molar-refractivity contribution in [2.75, 3.05) is 18.4 Å². The van der Waals surface area contributed by atoms with Crippen LogP contribution in [0.4, 0.5) is 5.69 Å². The summed E-state index contributed by atoms with van der Waals surface area (Å²) in [5.74, 6) is -0.0244. The number of carbonyl (C=O) groups excluding carboxylic acids is 1. The Hall–Kier alpha value is -2.02. The lowest BCUT2D eigenvalue weighted by atomic mass is 10.1. The molecule has 4 nitrogen and oxygen atoms in total. The molecule has 84 valence electrons. The molecule has 1 rings (SSSR count). The molecule has 0 spiro atoms. The van der Waals surface area contributed by atoms with Crippen LogP contribution in [0.3, 0.4) is 0 Å². The summed E-state index contributed by atoms with van der Waals surface area (Å²) in [6, 6.07) is 9.58. The molecule has 0 saturated heterocycles. The maximum atomic E-state index is 11.2. The van der Waals surface area contributed by atoms with E-state index < -0.39 is 0 Å². The predicted octanol–water partition coefficient (Wildman–Crippen LogP) is 1.30. The number of amides is 1. The molecule has 0 aromatic heterocycles. The number of likely N-dealkylation sites (N-methyl/N-ethyl adjacent to an activating group) is 1. The highest BCUT2D eigenvalue weighted by Crippen LogP contribution is 2.09. The lowest BCUT2D eigenvalue weighted by molar-refractivity contribution is -0.119. The lowest BCUT2D eigenvalue weighted by Crippen LogP contribution is -2.29. The Balaban J connectivity index is 2.43. The highest BCUT2D eigenvalue weighted by molar-refractivity contribution is 5.80. The summed E-state index contributed by atoms with van der Waals surface area (Å²) in [5, 5.41) is 14.2. The first-order valence-electron chi connectivity index (χ1n) is 5.22. The van der Waals surface area contributed by atoms with Crippen molar-refractivity contribution in [3.8, 4) is 6.07 Å². The number of hydrogen-bond donors (Lipinski definition) is 2. The van der Waals surface area contributed by atoms with E-state index in [-0.39, 0.29) is 12.5 Å². The van der Waals surface area contributed by atoms with E-state index in [0.717, 1.165) is 11.3 Å². The van der Waals surface area contributed by atoms with Gasteiger partial charge in [-0.05, 0) is 24.6 Å². The number of nitriles is 1. The zero-order chi connectivity index (χ0) is 11.8. The van der Waals surface area contributed by atoms with Gasteiger partial charge < -0.3 is 10.6 Å². The Morgan fingerprint density at radius 1 is 1.38 bits per heavy atom. The molecule has 16 heavy (non-hydrogen) atoms. The number of hydrogen-bond acceptors (Lipinski definition) is 3. The summed E-state index contributed by atoms with van der Waals surface area (Å²) in [4.78, 5) is 11.2. The minimum absolute atomic E-state index is 0.0244. The van der Waals surface area contributed by atoms with E-state index in [9.17, 15) is 4.79 Å². The van der Waals surface area contributed by atoms with E-state index in [4.69, 9.17) is 5.26 Å². The van der Waals surface area contributed by atoms with Crippen LogP contribution in [0.25, 0.3) is 0 Å². The number of nitrogens with one attached hydrogen (secondary N) is 2. The van der Waals surface area contributed by atoms with E-state index in [2.05, 4.69) is 16.7 Å². The van der Waals surface area contributed by atoms with Gasteiger partial charge in [0.05, 0.1) is 19.0 Å². The van der Waals surface area contributed by atoms with E-state index >= 15 is 0 Å². The van der Waals surface area contributed by atoms with Crippen molar-refractivity contribution in [3.05, 3.63) is 29.8 Å². The van der Waals surface area contributed by atoms with E-state index in [1.165, 1.54) is 0 Å². The van der Waals surface area contributed by atoms with Crippen molar-refractivity contribution in [3.63, 3.8) is 0 Å². The van der Waals surface area contributed by atoms with Crippen molar-refractivity contribution in [2.24, 2.45) is 0 Å². The number of benzene rings is 1. The number of anilines is 1. The van der Waals surface area contributed by atoms with Crippen molar-refractivity contribution >= 4 is 11.6 Å². The van der Waals surface area contributed by atoms with Gasteiger partial charge in [0.2, 0.25) is 5.91 Å². The van der Waals surface area contributed by atoms with Gasteiger partial charge in [0.25, 0.3) is 0 Å². The van der Waals surface area contributed by atoms with E-state index in [0.29, 0.717) is 13.0 Å². The molecule has 0 radical (unpaired) electrons. The summed E-state index contributed by atoms with van der Waals surface area (Å²) in [6.07, 6.45) is 0.413. The largest absolute Gasteiger partial charge is 0.376 e. The van der Waals surface area contributed by atoms with Crippen LogP contribution in [-0.4, -0.2) is 19.0 Å². The zero-order valence-electron chi connectivity index (χ0n) is 9.29. The van der Waals surface area contributed by atoms with Gasteiger partial charge in [-0.3, -0.25) is 4.79 Å². The zero-order valence-corrected chi connectivity index (χ0v) is 9.29. The molecule has 0 bridgehead atoms. The van der Waals surface area contributed by atoms with Crippen LogP contribution >= 0.6 is 0 Å². The van der Waals surface area contributed by atoms with Crippen LogP contribution in [0, 0.1) is 11.3 Å². The van der Waals surface area contributed by atoms with Crippen LogP contribution in [0.5, 0.6) is 0 Å². The average molecular weight is 217 g/mol. The molecule has 0 aliphatic rings. The van der Waals surface area contributed by atoms with Crippen LogP contribution in [0.2, 0.25) is 0 Å². The third-order valence-corrected chi connectivity index (χ3v) is 2.06. The fourth-order valence-corrected chi connectivity index (χ4v) is 1.27. The molecular formula is C12H15N3O. The summed E-state index contributed by atoms with van der Waals surface area (Å²) in [5.41, 5.74) is 1.86. The summed E-state index contributed by atoms with van der Waals surface area (Å²) >= 11 is 0. The van der Waals surface area contributed by atoms with Gasteiger partial charge in [0.1, 0.15) is 0 Å². The van der Waals surface area contributed by atoms with Crippen LogP contribution in [0.15, 0.2) is 24.3 Å². The third kappa shape index (κ3) is 4.01. The number of nitrogens with zero attached hydrogens (tertiary/aromatic N) is 1. The molecule has 0 aliphatic carbocycles. The monoisotopic (exact) mass is 217 g/mol. The fourth-order valence-electron chi connectivity index (χ4n) is 1.27. The van der Waals surface area contributed by atoms with Crippen LogP contribution in [0.1, 0.15) is 12.5 Å². The standard InChI is InChI=1S/C12H15N3O/c1-2-14-12(16)9-15-11-5-3-10(4-6-11)7-8-13/h3-6,15H,2,7,9H2,1H3,(H,14,16). The Labute approximate surface area is 95.3 Å². The number of rotatable bonds is 5. The Bertz CT molecular complexity index is 378. The third-order valence-electron chi connectivity index (χ3n) is 2.06. The molecular weight excluding hydrogens is 202 g/mol. The highest BCUT2D eigenvalue weighted by Gasteiger charge is 1.98. The molecule has 0 unspecified atom stereocenters. The first-order chi connectivity index (χ1) is 7.76. The van der Waals surface area contributed by atoms with Gasteiger partial charge in [-0.1, -0.05) is 12.1 Å². The SMILES string of the molecule is CCNC(=O)CNc1ccc(CC#N)cc1. The Kier molecular flexibility index (Phi) is 4.87. The summed E-state index contributed by atoms with van der Waals surface area (Å²) in [7, 11) is 0. The van der Waals surface area contributed by atoms with Gasteiger partial charge in [-0.2, -0.15) is 5.26 Å². The van der Waals surface area contributed by atoms with Crippen LogP contribution < -0.4 is 10.6 Å². The first-order valence-corrected chi connectivity index (χ1v) is 5.22. The van der Waals surface area contributed by atoms with Crippen molar-refractivity contribution in [1.82, 2.24) is 5.32 Å². The van der Waals surface area contributed by atoms with Gasteiger partial charge >= 0.3 is 0 Å². The molecule has 2 N–H and O–H groups in total.